The Bertz CT molecular complexity index is 733. The second-order valence-corrected chi connectivity index (χ2v) is 6.40. The van der Waals surface area contributed by atoms with Crippen LogP contribution in [0.25, 0.3) is 0 Å². The third-order valence-corrected chi connectivity index (χ3v) is 4.45. The number of hydrogen-bond donors (Lipinski definition) is 0. The van der Waals surface area contributed by atoms with Crippen molar-refractivity contribution in [2.75, 3.05) is 11.4 Å². The van der Waals surface area contributed by atoms with Gasteiger partial charge in [0.15, 0.2) is 6.10 Å². The van der Waals surface area contributed by atoms with Gasteiger partial charge in [0.1, 0.15) is 5.75 Å². The summed E-state index contributed by atoms with van der Waals surface area (Å²) < 4.78 is 5.75. The number of para-hydroxylation sites is 1. The van der Waals surface area contributed by atoms with Gasteiger partial charge in [0.2, 0.25) is 0 Å². The number of amides is 1. The van der Waals surface area contributed by atoms with Crippen LogP contribution in [0.4, 0.5) is 5.69 Å². The molecular formula is C18H17Cl2NO2. The smallest absolute Gasteiger partial charge is 0.267 e. The van der Waals surface area contributed by atoms with E-state index in [1.807, 2.05) is 18.2 Å². The number of ether oxygens (including phenoxy) is 1. The highest BCUT2D eigenvalue weighted by Crippen LogP contribution is 2.30. The molecule has 120 valence electrons. The molecule has 1 atom stereocenters. The van der Waals surface area contributed by atoms with Crippen molar-refractivity contribution >= 4 is 34.8 Å². The minimum Gasteiger partial charge on any atom is -0.479 e. The van der Waals surface area contributed by atoms with Crippen molar-refractivity contribution in [2.24, 2.45) is 0 Å². The zero-order valence-electron chi connectivity index (χ0n) is 12.8. The highest BCUT2D eigenvalue weighted by Gasteiger charge is 2.27. The number of carbonyl (C=O) groups excluding carboxylic acids is 1. The van der Waals surface area contributed by atoms with Crippen LogP contribution in [0, 0.1) is 0 Å². The summed E-state index contributed by atoms with van der Waals surface area (Å²) in [4.78, 5) is 14.6. The molecule has 3 rings (SSSR count). The topological polar surface area (TPSA) is 29.5 Å². The molecule has 1 amide bonds. The molecule has 23 heavy (non-hydrogen) atoms. The van der Waals surface area contributed by atoms with Gasteiger partial charge < -0.3 is 9.64 Å². The summed E-state index contributed by atoms with van der Waals surface area (Å²) in [7, 11) is 0. The van der Waals surface area contributed by atoms with E-state index in [0.717, 1.165) is 18.5 Å². The number of carbonyl (C=O) groups is 1. The van der Waals surface area contributed by atoms with E-state index in [1.165, 1.54) is 5.56 Å². The highest BCUT2D eigenvalue weighted by atomic mass is 35.5. The van der Waals surface area contributed by atoms with Gasteiger partial charge in [-0.15, -0.1) is 0 Å². The lowest BCUT2D eigenvalue weighted by molar-refractivity contribution is -0.124. The van der Waals surface area contributed by atoms with Crippen molar-refractivity contribution in [2.45, 2.75) is 25.9 Å². The first-order chi connectivity index (χ1) is 11.1. The number of rotatable bonds is 3. The maximum atomic E-state index is 12.8. The van der Waals surface area contributed by atoms with Crippen molar-refractivity contribution in [3.63, 3.8) is 0 Å². The SMILES string of the molecule is C[C@@H](Oc1ccc(Cl)cc1Cl)C(=O)N1CCCc2ccccc21. The van der Waals surface area contributed by atoms with E-state index < -0.39 is 6.10 Å². The lowest BCUT2D eigenvalue weighted by atomic mass is 10.0. The first-order valence-corrected chi connectivity index (χ1v) is 8.33. The summed E-state index contributed by atoms with van der Waals surface area (Å²) in [5.41, 5.74) is 2.17. The van der Waals surface area contributed by atoms with Gasteiger partial charge in [0.25, 0.3) is 5.91 Å². The average molecular weight is 350 g/mol. The normalized spacial score (nSPS) is 15.0. The summed E-state index contributed by atoms with van der Waals surface area (Å²) in [6.07, 6.45) is 1.33. The van der Waals surface area contributed by atoms with Crippen molar-refractivity contribution in [1.82, 2.24) is 0 Å². The third-order valence-electron chi connectivity index (χ3n) is 3.92. The van der Waals surface area contributed by atoms with Gasteiger partial charge in [0, 0.05) is 17.3 Å². The van der Waals surface area contributed by atoms with Crippen molar-refractivity contribution in [1.29, 1.82) is 0 Å². The molecule has 1 aliphatic rings. The van der Waals surface area contributed by atoms with Gasteiger partial charge in [-0.25, -0.2) is 0 Å². The highest BCUT2D eigenvalue weighted by molar-refractivity contribution is 6.35. The largest absolute Gasteiger partial charge is 0.479 e. The number of aryl methyl sites for hydroxylation is 1. The zero-order valence-corrected chi connectivity index (χ0v) is 14.3. The Morgan fingerprint density at radius 2 is 2.00 bits per heavy atom. The van der Waals surface area contributed by atoms with Crippen LogP contribution in [0.2, 0.25) is 10.0 Å². The molecule has 1 heterocycles. The van der Waals surface area contributed by atoms with E-state index in [1.54, 1.807) is 30.0 Å². The lowest BCUT2D eigenvalue weighted by Gasteiger charge is -2.31. The fraction of sp³-hybridized carbons (Fsp3) is 0.278. The summed E-state index contributed by atoms with van der Waals surface area (Å²) in [6, 6.07) is 13.0. The Morgan fingerprint density at radius 1 is 1.22 bits per heavy atom. The second kappa shape index (κ2) is 6.81. The van der Waals surface area contributed by atoms with Crippen LogP contribution in [0.3, 0.4) is 0 Å². The van der Waals surface area contributed by atoms with Crippen molar-refractivity contribution < 1.29 is 9.53 Å². The first kappa shape index (κ1) is 16.2. The Kier molecular flexibility index (Phi) is 4.79. The Hall–Kier alpha value is -1.71. The van der Waals surface area contributed by atoms with Crippen LogP contribution in [-0.4, -0.2) is 18.6 Å². The van der Waals surface area contributed by atoms with Gasteiger partial charge in [0.05, 0.1) is 5.02 Å². The molecule has 0 saturated carbocycles. The molecule has 0 fully saturated rings. The molecule has 0 N–H and O–H groups in total. The number of halogens is 2. The average Bonchev–Trinajstić information content (AvgIpc) is 2.56. The van der Waals surface area contributed by atoms with Gasteiger partial charge in [-0.3, -0.25) is 4.79 Å². The fourth-order valence-electron chi connectivity index (χ4n) is 2.79. The number of hydrogen-bond acceptors (Lipinski definition) is 2. The number of anilines is 1. The standard InChI is InChI=1S/C18H17Cl2NO2/c1-12(23-17-9-8-14(19)11-15(17)20)18(22)21-10-4-6-13-5-2-3-7-16(13)21/h2-3,5,7-9,11-12H,4,6,10H2,1H3/t12-/m1/s1. The molecular weight excluding hydrogens is 333 g/mol. The molecule has 1 aliphatic heterocycles. The van der Waals surface area contributed by atoms with E-state index in [9.17, 15) is 4.79 Å². The van der Waals surface area contributed by atoms with E-state index in [4.69, 9.17) is 27.9 Å². The summed E-state index contributed by atoms with van der Waals surface area (Å²) >= 11 is 12.0. The molecule has 0 radical (unpaired) electrons. The molecule has 0 aliphatic carbocycles. The summed E-state index contributed by atoms with van der Waals surface area (Å²) in [5, 5.41) is 0.933. The molecule has 0 spiro atoms. The molecule has 2 aromatic carbocycles. The molecule has 5 heteroatoms. The van der Waals surface area contributed by atoms with Crippen LogP contribution in [0.5, 0.6) is 5.75 Å². The predicted octanol–water partition coefficient (Wildman–Crippen LogP) is 4.74. The van der Waals surface area contributed by atoms with E-state index in [2.05, 4.69) is 6.07 Å². The molecule has 0 bridgehead atoms. The molecule has 0 aromatic heterocycles. The van der Waals surface area contributed by atoms with Crippen molar-refractivity contribution in [3.05, 3.63) is 58.1 Å². The Labute approximate surface area is 145 Å². The van der Waals surface area contributed by atoms with Gasteiger partial charge in [-0.2, -0.15) is 0 Å². The predicted molar refractivity (Wildman–Crippen MR) is 93.7 cm³/mol. The van der Waals surface area contributed by atoms with Crippen LogP contribution < -0.4 is 9.64 Å². The van der Waals surface area contributed by atoms with Gasteiger partial charge in [-0.05, 0) is 49.6 Å². The molecule has 0 saturated heterocycles. The number of fused-ring (bicyclic) bond motifs is 1. The van der Waals surface area contributed by atoms with E-state index >= 15 is 0 Å². The van der Waals surface area contributed by atoms with E-state index in [0.29, 0.717) is 22.3 Å². The molecule has 2 aromatic rings. The van der Waals surface area contributed by atoms with Crippen LogP contribution >= 0.6 is 23.2 Å². The van der Waals surface area contributed by atoms with Gasteiger partial charge in [-0.1, -0.05) is 41.4 Å². The monoisotopic (exact) mass is 349 g/mol. The minimum atomic E-state index is -0.625. The second-order valence-electron chi connectivity index (χ2n) is 5.56. The van der Waals surface area contributed by atoms with Crippen LogP contribution in [0.15, 0.2) is 42.5 Å². The van der Waals surface area contributed by atoms with Crippen LogP contribution in [0.1, 0.15) is 18.9 Å². The molecule has 0 unspecified atom stereocenters. The van der Waals surface area contributed by atoms with Crippen LogP contribution in [-0.2, 0) is 11.2 Å². The third kappa shape index (κ3) is 3.46. The quantitative estimate of drug-likeness (QED) is 0.800. The zero-order chi connectivity index (χ0) is 16.4. The molecule has 3 nitrogen and oxygen atoms in total. The summed E-state index contributed by atoms with van der Waals surface area (Å²) in [6.45, 7) is 2.45. The lowest BCUT2D eigenvalue weighted by Crippen LogP contribution is -2.43. The summed E-state index contributed by atoms with van der Waals surface area (Å²) in [5.74, 6) is 0.394. The minimum absolute atomic E-state index is 0.0665. The number of nitrogens with zero attached hydrogens (tertiary/aromatic N) is 1. The maximum Gasteiger partial charge on any atom is 0.267 e. The van der Waals surface area contributed by atoms with Crippen molar-refractivity contribution in [3.8, 4) is 5.75 Å². The fourth-order valence-corrected chi connectivity index (χ4v) is 3.25. The first-order valence-electron chi connectivity index (χ1n) is 7.57. The Balaban J connectivity index is 1.78. The number of benzene rings is 2. The van der Waals surface area contributed by atoms with Gasteiger partial charge >= 0.3 is 0 Å². The maximum absolute atomic E-state index is 12.8. The van der Waals surface area contributed by atoms with E-state index in [-0.39, 0.29) is 5.91 Å². The Morgan fingerprint density at radius 3 is 2.78 bits per heavy atom.